The minimum Gasteiger partial charge on any atom is -0.508 e. The maximum Gasteiger partial charge on any atom is 0.115 e. The van der Waals surface area contributed by atoms with Crippen LogP contribution in [-0.2, 0) is 6.54 Å². The van der Waals surface area contributed by atoms with Gasteiger partial charge in [-0.15, -0.1) is 0 Å². The number of hydrogen-bond donors (Lipinski definition) is 1. The van der Waals surface area contributed by atoms with E-state index in [9.17, 15) is 5.11 Å². The van der Waals surface area contributed by atoms with E-state index in [1.807, 2.05) is 12.1 Å². The van der Waals surface area contributed by atoms with Crippen LogP contribution in [0.5, 0.6) is 5.75 Å². The van der Waals surface area contributed by atoms with Gasteiger partial charge in [0, 0.05) is 19.0 Å². The number of nitrogens with zero attached hydrogens (tertiary/aromatic N) is 1. The number of benzene rings is 4. The molecule has 1 aliphatic rings. The van der Waals surface area contributed by atoms with Gasteiger partial charge in [0.2, 0.25) is 0 Å². The third kappa shape index (κ3) is 3.06. The zero-order valence-electron chi connectivity index (χ0n) is 16.0. The summed E-state index contributed by atoms with van der Waals surface area (Å²) in [6.07, 6.45) is 0. The van der Waals surface area contributed by atoms with E-state index in [0.29, 0.717) is 11.7 Å². The summed E-state index contributed by atoms with van der Waals surface area (Å²) in [6, 6.07) is 29.7. The van der Waals surface area contributed by atoms with Crippen LogP contribution in [0.2, 0.25) is 0 Å². The van der Waals surface area contributed by atoms with E-state index in [2.05, 4.69) is 72.6 Å². The molecule has 1 heterocycles. The molecule has 4 aromatic carbocycles. The molecular weight excluding hydrogens is 342 g/mol. The Morgan fingerprint density at radius 3 is 2.36 bits per heavy atom. The molecule has 2 heteroatoms. The third-order valence-corrected chi connectivity index (χ3v) is 5.83. The summed E-state index contributed by atoms with van der Waals surface area (Å²) in [5, 5.41) is 12.2. The smallest absolute Gasteiger partial charge is 0.115 e. The van der Waals surface area contributed by atoms with Crippen LogP contribution in [0.1, 0.15) is 22.6 Å². The Morgan fingerprint density at radius 2 is 1.54 bits per heavy atom. The predicted octanol–water partition coefficient (Wildman–Crippen LogP) is 5.79. The second kappa shape index (κ2) is 6.81. The summed E-state index contributed by atoms with van der Waals surface area (Å²) in [5.74, 6) is 0.685. The van der Waals surface area contributed by atoms with Crippen molar-refractivity contribution < 1.29 is 5.11 Å². The lowest BCUT2D eigenvalue weighted by molar-refractivity contribution is 0.295. The molecule has 0 bridgehead atoms. The Bertz CT molecular complexity index is 1150. The molecule has 0 saturated heterocycles. The van der Waals surface area contributed by atoms with Crippen molar-refractivity contribution in [1.29, 1.82) is 0 Å². The van der Waals surface area contributed by atoms with E-state index in [0.717, 1.165) is 18.7 Å². The molecule has 0 spiro atoms. The molecule has 0 aliphatic carbocycles. The normalized spacial score (nSPS) is 16.8. The molecule has 1 aliphatic heterocycles. The Hall–Kier alpha value is -3.10. The van der Waals surface area contributed by atoms with Gasteiger partial charge in [0.25, 0.3) is 0 Å². The summed E-state index contributed by atoms with van der Waals surface area (Å²) in [6.45, 7) is 2.00. The van der Waals surface area contributed by atoms with E-state index in [4.69, 9.17) is 0 Å². The molecular formula is C26H23NO. The average Bonchev–Trinajstić information content (AvgIpc) is 2.73. The van der Waals surface area contributed by atoms with Crippen LogP contribution in [0.4, 0.5) is 0 Å². The van der Waals surface area contributed by atoms with Gasteiger partial charge in [0.15, 0.2) is 0 Å². The fourth-order valence-corrected chi connectivity index (χ4v) is 4.39. The Morgan fingerprint density at radius 1 is 0.786 bits per heavy atom. The van der Waals surface area contributed by atoms with Crippen LogP contribution in [0.3, 0.4) is 0 Å². The number of hydrogen-bond acceptors (Lipinski definition) is 2. The van der Waals surface area contributed by atoms with Crippen molar-refractivity contribution >= 4 is 10.8 Å². The number of phenolic OH excluding ortho intramolecular Hbond substituents is 1. The number of rotatable bonds is 2. The zero-order chi connectivity index (χ0) is 19.1. The molecule has 28 heavy (non-hydrogen) atoms. The molecule has 5 rings (SSSR count). The van der Waals surface area contributed by atoms with Crippen molar-refractivity contribution in [2.75, 3.05) is 13.6 Å². The van der Waals surface area contributed by atoms with E-state index >= 15 is 0 Å². The maximum atomic E-state index is 9.56. The lowest BCUT2D eigenvalue weighted by Gasteiger charge is -2.33. The Kier molecular flexibility index (Phi) is 4.14. The molecule has 2 nitrogen and oxygen atoms in total. The van der Waals surface area contributed by atoms with Gasteiger partial charge in [-0.05, 0) is 63.8 Å². The third-order valence-electron chi connectivity index (χ3n) is 5.83. The monoisotopic (exact) mass is 365 g/mol. The SMILES string of the molecule is CN1Cc2cc(-c3ccc(O)cc3)ccc2[C@H](c2ccc3ccccc3c2)C1. The number of aromatic hydroxyl groups is 1. The van der Waals surface area contributed by atoms with Gasteiger partial charge in [-0.3, -0.25) is 0 Å². The standard InChI is InChI=1S/C26H23NO/c1-27-16-23-15-21(19-8-11-24(28)12-9-19)10-13-25(23)26(17-27)22-7-6-18-4-2-3-5-20(18)14-22/h2-15,26,28H,16-17H2,1H3/t26-/m0/s1. The highest BCUT2D eigenvalue weighted by Gasteiger charge is 2.25. The average molecular weight is 365 g/mol. The summed E-state index contributed by atoms with van der Waals surface area (Å²) >= 11 is 0. The second-order valence-corrected chi connectivity index (χ2v) is 7.82. The fourth-order valence-electron chi connectivity index (χ4n) is 4.39. The van der Waals surface area contributed by atoms with Crippen LogP contribution >= 0.6 is 0 Å². The first-order valence-corrected chi connectivity index (χ1v) is 9.77. The largest absolute Gasteiger partial charge is 0.508 e. The first-order valence-electron chi connectivity index (χ1n) is 9.77. The summed E-state index contributed by atoms with van der Waals surface area (Å²) in [4.78, 5) is 2.41. The van der Waals surface area contributed by atoms with Gasteiger partial charge >= 0.3 is 0 Å². The first kappa shape index (κ1) is 17.0. The fraction of sp³-hybridized carbons (Fsp3) is 0.154. The van der Waals surface area contributed by atoms with Crippen molar-refractivity contribution in [2.45, 2.75) is 12.5 Å². The molecule has 138 valence electrons. The van der Waals surface area contributed by atoms with Gasteiger partial charge in [-0.25, -0.2) is 0 Å². The number of fused-ring (bicyclic) bond motifs is 2. The highest BCUT2D eigenvalue weighted by Crippen LogP contribution is 2.36. The van der Waals surface area contributed by atoms with E-state index in [-0.39, 0.29) is 0 Å². The number of phenols is 1. The van der Waals surface area contributed by atoms with Gasteiger partial charge in [-0.1, -0.05) is 66.7 Å². The molecule has 0 aromatic heterocycles. The van der Waals surface area contributed by atoms with Crippen LogP contribution in [-0.4, -0.2) is 23.6 Å². The van der Waals surface area contributed by atoms with Crippen molar-refractivity contribution in [2.24, 2.45) is 0 Å². The van der Waals surface area contributed by atoms with Gasteiger partial charge in [0.1, 0.15) is 5.75 Å². The molecule has 0 amide bonds. The minimum absolute atomic E-state index is 0.304. The molecule has 0 saturated carbocycles. The van der Waals surface area contributed by atoms with Crippen molar-refractivity contribution in [3.63, 3.8) is 0 Å². The lowest BCUT2D eigenvalue weighted by Crippen LogP contribution is -2.31. The maximum absolute atomic E-state index is 9.56. The quantitative estimate of drug-likeness (QED) is 0.486. The van der Waals surface area contributed by atoms with Gasteiger partial charge in [-0.2, -0.15) is 0 Å². The molecule has 0 fully saturated rings. The lowest BCUT2D eigenvalue weighted by atomic mass is 9.83. The molecule has 1 atom stereocenters. The van der Waals surface area contributed by atoms with Crippen molar-refractivity contribution in [3.05, 3.63) is 102 Å². The van der Waals surface area contributed by atoms with E-state index in [1.54, 1.807) is 12.1 Å². The zero-order valence-corrected chi connectivity index (χ0v) is 16.0. The second-order valence-electron chi connectivity index (χ2n) is 7.82. The minimum atomic E-state index is 0.304. The molecule has 1 N–H and O–H groups in total. The number of likely N-dealkylation sites (N-methyl/N-ethyl adjacent to an activating group) is 1. The van der Waals surface area contributed by atoms with Crippen molar-refractivity contribution in [3.8, 4) is 16.9 Å². The molecule has 0 unspecified atom stereocenters. The van der Waals surface area contributed by atoms with E-state index in [1.165, 1.54) is 33.0 Å². The van der Waals surface area contributed by atoms with Gasteiger partial charge < -0.3 is 10.0 Å². The van der Waals surface area contributed by atoms with Crippen LogP contribution in [0, 0.1) is 0 Å². The molecule has 4 aromatic rings. The Balaban J connectivity index is 1.57. The Labute approximate surface area is 165 Å². The summed E-state index contributed by atoms with van der Waals surface area (Å²) in [7, 11) is 2.20. The van der Waals surface area contributed by atoms with Crippen LogP contribution < -0.4 is 0 Å². The first-order chi connectivity index (χ1) is 13.7. The summed E-state index contributed by atoms with van der Waals surface area (Å²) < 4.78 is 0. The highest BCUT2D eigenvalue weighted by molar-refractivity contribution is 5.83. The highest BCUT2D eigenvalue weighted by atomic mass is 16.3. The van der Waals surface area contributed by atoms with Crippen LogP contribution in [0.25, 0.3) is 21.9 Å². The predicted molar refractivity (Wildman–Crippen MR) is 116 cm³/mol. The topological polar surface area (TPSA) is 23.5 Å². The van der Waals surface area contributed by atoms with Crippen molar-refractivity contribution in [1.82, 2.24) is 4.90 Å². The van der Waals surface area contributed by atoms with Gasteiger partial charge in [0.05, 0.1) is 0 Å². The molecule has 0 radical (unpaired) electrons. The summed E-state index contributed by atoms with van der Waals surface area (Å²) in [5.41, 5.74) is 6.53. The van der Waals surface area contributed by atoms with Crippen LogP contribution in [0.15, 0.2) is 84.9 Å². The van der Waals surface area contributed by atoms with E-state index < -0.39 is 0 Å².